The average molecular weight is 310 g/mol. The zero-order chi connectivity index (χ0) is 15.3. The molecule has 5 nitrogen and oxygen atoms in total. The Labute approximate surface area is 126 Å². The van der Waals surface area contributed by atoms with Gasteiger partial charge in [0.25, 0.3) is 0 Å². The van der Waals surface area contributed by atoms with E-state index in [2.05, 4.69) is 4.72 Å². The molecule has 0 amide bonds. The van der Waals surface area contributed by atoms with E-state index >= 15 is 0 Å². The standard InChI is InChI=1S/C15H22N2O3S/c1-20-14-6-2-13(3-7-14)11-17-21(18,19)15-8-4-12(10-16)5-9-15/h2,4,6,8,17H,3,5,7,9-11,16H2,1H3. The van der Waals surface area contributed by atoms with E-state index in [1.165, 1.54) is 0 Å². The number of hydrogen-bond acceptors (Lipinski definition) is 4. The molecule has 0 saturated heterocycles. The third-order valence-electron chi connectivity index (χ3n) is 3.75. The Morgan fingerprint density at radius 3 is 2.33 bits per heavy atom. The summed E-state index contributed by atoms with van der Waals surface area (Å²) in [5, 5.41) is 0. The molecule has 0 aromatic rings. The zero-order valence-corrected chi connectivity index (χ0v) is 13.1. The molecule has 116 valence electrons. The van der Waals surface area contributed by atoms with Gasteiger partial charge in [0.2, 0.25) is 10.0 Å². The van der Waals surface area contributed by atoms with Crippen molar-refractivity contribution in [3.05, 3.63) is 46.1 Å². The molecule has 0 bridgehead atoms. The molecule has 21 heavy (non-hydrogen) atoms. The Kier molecular flexibility index (Phi) is 5.39. The summed E-state index contributed by atoms with van der Waals surface area (Å²) < 4.78 is 32.3. The normalized spacial score (nSPS) is 19.3. The van der Waals surface area contributed by atoms with Crippen LogP contribution in [0.25, 0.3) is 0 Å². The summed E-state index contributed by atoms with van der Waals surface area (Å²) in [6.07, 6.45) is 10.2. The first kappa shape index (κ1) is 16.0. The van der Waals surface area contributed by atoms with Crippen LogP contribution >= 0.6 is 0 Å². The molecule has 0 aromatic carbocycles. The largest absolute Gasteiger partial charge is 0.501 e. The number of sulfonamides is 1. The first-order valence-corrected chi connectivity index (χ1v) is 8.54. The first-order chi connectivity index (χ1) is 10.0. The second-order valence-electron chi connectivity index (χ2n) is 5.15. The molecular weight excluding hydrogens is 288 g/mol. The van der Waals surface area contributed by atoms with Crippen LogP contribution < -0.4 is 10.5 Å². The van der Waals surface area contributed by atoms with Crippen LogP contribution in [0.4, 0.5) is 0 Å². The fraction of sp³-hybridized carbons (Fsp3) is 0.467. The van der Waals surface area contributed by atoms with Crippen molar-refractivity contribution >= 4 is 10.0 Å². The second-order valence-corrected chi connectivity index (χ2v) is 6.97. The summed E-state index contributed by atoms with van der Waals surface area (Å²) in [7, 11) is -1.76. The monoisotopic (exact) mass is 310 g/mol. The highest BCUT2D eigenvalue weighted by Crippen LogP contribution is 2.22. The predicted molar refractivity (Wildman–Crippen MR) is 83.8 cm³/mol. The maximum absolute atomic E-state index is 12.2. The quantitative estimate of drug-likeness (QED) is 0.782. The maximum Gasteiger partial charge on any atom is 0.237 e. The van der Waals surface area contributed by atoms with Gasteiger partial charge in [-0.25, -0.2) is 13.1 Å². The number of nitrogens with two attached hydrogens (primary N) is 1. The zero-order valence-electron chi connectivity index (χ0n) is 12.3. The number of hydrogen-bond donors (Lipinski definition) is 2. The molecule has 2 aliphatic carbocycles. The van der Waals surface area contributed by atoms with E-state index in [4.69, 9.17) is 10.5 Å². The van der Waals surface area contributed by atoms with Crippen LogP contribution in [0, 0.1) is 0 Å². The molecule has 0 aliphatic heterocycles. The van der Waals surface area contributed by atoms with Crippen molar-refractivity contribution in [1.82, 2.24) is 4.72 Å². The van der Waals surface area contributed by atoms with Crippen LogP contribution in [0.15, 0.2) is 46.1 Å². The fourth-order valence-corrected chi connectivity index (χ4v) is 3.49. The van der Waals surface area contributed by atoms with E-state index in [1.807, 2.05) is 18.2 Å². The van der Waals surface area contributed by atoms with Gasteiger partial charge < -0.3 is 10.5 Å². The summed E-state index contributed by atoms with van der Waals surface area (Å²) in [6, 6.07) is 0. The Morgan fingerprint density at radius 2 is 1.81 bits per heavy atom. The van der Waals surface area contributed by atoms with E-state index in [1.54, 1.807) is 13.2 Å². The molecule has 0 spiro atoms. The Hall–Kier alpha value is -1.37. The van der Waals surface area contributed by atoms with E-state index in [0.29, 0.717) is 30.8 Å². The number of rotatable bonds is 6. The lowest BCUT2D eigenvalue weighted by atomic mass is 10.0. The van der Waals surface area contributed by atoms with Gasteiger partial charge in [0.1, 0.15) is 0 Å². The molecule has 0 aromatic heterocycles. The van der Waals surface area contributed by atoms with Crippen molar-refractivity contribution in [2.45, 2.75) is 25.7 Å². The van der Waals surface area contributed by atoms with Gasteiger partial charge in [-0.15, -0.1) is 0 Å². The first-order valence-electron chi connectivity index (χ1n) is 7.06. The maximum atomic E-state index is 12.2. The van der Waals surface area contributed by atoms with E-state index in [9.17, 15) is 8.42 Å². The van der Waals surface area contributed by atoms with Gasteiger partial charge in [0, 0.05) is 19.5 Å². The summed E-state index contributed by atoms with van der Waals surface area (Å²) in [6.45, 7) is 0.832. The lowest BCUT2D eigenvalue weighted by Crippen LogP contribution is -2.28. The van der Waals surface area contributed by atoms with Crippen molar-refractivity contribution in [3.8, 4) is 0 Å². The molecule has 0 fully saturated rings. The van der Waals surface area contributed by atoms with Crippen LogP contribution in [0.1, 0.15) is 25.7 Å². The summed E-state index contributed by atoms with van der Waals surface area (Å²) in [5.41, 5.74) is 7.70. The number of methoxy groups -OCH3 is 1. The van der Waals surface area contributed by atoms with Gasteiger partial charge >= 0.3 is 0 Å². The van der Waals surface area contributed by atoms with E-state index < -0.39 is 10.0 Å². The van der Waals surface area contributed by atoms with Crippen LogP contribution in [-0.2, 0) is 14.8 Å². The summed E-state index contributed by atoms with van der Waals surface area (Å²) in [5.74, 6) is 0.927. The van der Waals surface area contributed by atoms with Crippen molar-refractivity contribution in [2.75, 3.05) is 20.2 Å². The average Bonchev–Trinajstić information content (AvgIpc) is 2.53. The Bertz CT molecular complexity index is 613. The van der Waals surface area contributed by atoms with Gasteiger partial charge in [0.15, 0.2) is 0 Å². The molecule has 0 heterocycles. The van der Waals surface area contributed by atoms with Crippen LogP contribution in [0.2, 0.25) is 0 Å². The van der Waals surface area contributed by atoms with Crippen LogP contribution in [0.3, 0.4) is 0 Å². The Balaban J connectivity index is 1.97. The highest BCUT2D eigenvalue weighted by Gasteiger charge is 2.20. The fourth-order valence-electron chi connectivity index (χ4n) is 2.31. The molecule has 3 N–H and O–H groups in total. The topological polar surface area (TPSA) is 81.4 Å². The molecule has 0 unspecified atom stereocenters. The second kappa shape index (κ2) is 7.06. The molecule has 2 aliphatic rings. The van der Waals surface area contributed by atoms with Crippen molar-refractivity contribution in [2.24, 2.45) is 5.73 Å². The number of nitrogens with one attached hydrogen (secondary N) is 1. The minimum Gasteiger partial charge on any atom is -0.501 e. The number of allylic oxidation sites excluding steroid dienone is 6. The molecular formula is C15H22N2O3S. The van der Waals surface area contributed by atoms with E-state index in [0.717, 1.165) is 29.7 Å². The van der Waals surface area contributed by atoms with Crippen LogP contribution in [0.5, 0.6) is 0 Å². The Morgan fingerprint density at radius 1 is 1.10 bits per heavy atom. The minimum atomic E-state index is -3.40. The lowest BCUT2D eigenvalue weighted by Gasteiger charge is -2.17. The molecule has 0 atom stereocenters. The molecule has 6 heteroatoms. The summed E-state index contributed by atoms with van der Waals surface area (Å²) >= 11 is 0. The van der Waals surface area contributed by atoms with Gasteiger partial charge in [-0.3, -0.25) is 0 Å². The summed E-state index contributed by atoms with van der Waals surface area (Å²) in [4.78, 5) is 0.434. The SMILES string of the molecule is COC1=CC=C(CNS(=O)(=O)C2=CC=C(CN)CC2)CC1. The minimum absolute atomic E-state index is 0.348. The van der Waals surface area contributed by atoms with Gasteiger partial charge in [-0.05, 0) is 31.4 Å². The van der Waals surface area contributed by atoms with Crippen LogP contribution in [-0.4, -0.2) is 28.6 Å². The third-order valence-corrected chi connectivity index (χ3v) is 5.31. The van der Waals surface area contributed by atoms with Gasteiger partial charge in [0.05, 0.1) is 17.8 Å². The van der Waals surface area contributed by atoms with Crippen molar-refractivity contribution < 1.29 is 13.2 Å². The van der Waals surface area contributed by atoms with Crippen molar-refractivity contribution in [1.29, 1.82) is 0 Å². The van der Waals surface area contributed by atoms with Gasteiger partial charge in [-0.2, -0.15) is 0 Å². The van der Waals surface area contributed by atoms with Crippen molar-refractivity contribution in [3.63, 3.8) is 0 Å². The molecule has 2 rings (SSSR count). The molecule has 0 saturated carbocycles. The highest BCUT2D eigenvalue weighted by atomic mass is 32.2. The lowest BCUT2D eigenvalue weighted by molar-refractivity contribution is 0.275. The number of ether oxygens (including phenoxy) is 1. The smallest absolute Gasteiger partial charge is 0.237 e. The van der Waals surface area contributed by atoms with Gasteiger partial charge in [-0.1, -0.05) is 23.3 Å². The molecule has 0 radical (unpaired) electrons. The third kappa shape index (κ3) is 4.30. The predicted octanol–water partition coefficient (Wildman–Crippen LogP) is 1.72. The van der Waals surface area contributed by atoms with E-state index in [-0.39, 0.29) is 0 Å². The highest BCUT2D eigenvalue weighted by molar-refractivity contribution is 7.93.